The Morgan fingerprint density at radius 2 is 1.71 bits per heavy atom. The van der Waals surface area contributed by atoms with Gasteiger partial charge >= 0.3 is 0 Å². The van der Waals surface area contributed by atoms with Crippen LogP contribution in [0.3, 0.4) is 0 Å². The van der Waals surface area contributed by atoms with Gasteiger partial charge in [-0.3, -0.25) is 9.59 Å². The number of nitrogens with one attached hydrogen (secondary N) is 1. The zero-order valence-electron chi connectivity index (χ0n) is 12.4. The molecule has 1 saturated heterocycles. The lowest BCUT2D eigenvalue weighted by atomic mass is 10.1. The second-order valence-corrected chi connectivity index (χ2v) is 6.78. The van der Waals surface area contributed by atoms with Crippen LogP contribution in [0.25, 0.3) is 0 Å². The Labute approximate surface area is 154 Å². The Bertz CT molecular complexity index is 793. The lowest BCUT2D eigenvalue weighted by molar-refractivity contribution is -0.122. The zero-order chi connectivity index (χ0) is 17.3. The molecule has 0 bridgehead atoms. The quantitative estimate of drug-likeness (QED) is 0.839. The first kappa shape index (κ1) is 17.1. The fourth-order valence-electron chi connectivity index (χ4n) is 2.59. The van der Waals surface area contributed by atoms with Crippen LogP contribution in [0.4, 0.5) is 11.4 Å². The van der Waals surface area contributed by atoms with Gasteiger partial charge in [0.2, 0.25) is 11.8 Å². The van der Waals surface area contributed by atoms with Crippen LogP contribution >= 0.6 is 34.8 Å². The Kier molecular flexibility index (Phi) is 4.99. The fourth-order valence-corrected chi connectivity index (χ4v) is 3.10. The van der Waals surface area contributed by atoms with Crippen LogP contribution in [-0.4, -0.2) is 18.4 Å². The molecular formula is C17H13Cl3N2O2. The Morgan fingerprint density at radius 1 is 1.04 bits per heavy atom. The van der Waals surface area contributed by atoms with E-state index >= 15 is 0 Å². The van der Waals surface area contributed by atoms with Crippen molar-refractivity contribution in [3.8, 4) is 0 Å². The summed E-state index contributed by atoms with van der Waals surface area (Å²) in [5, 5.41) is 4.29. The third-order valence-corrected chi connectivity index (χ3v) is 4.61. The molecule has 2 amide bonds. The maximum Gasteiger partial charge on any atom is 0.229 e. The monoisotopic (exact) mass is 382 g/mol. The molecule has 7 heteroatoms. The topological polar surface area (TPSA) is 49.4 Å². The first-order chi connectivity index (χ1) is 11.4. The molecule has 4 nitrogen and oxygen atoms in total. The SMILES string of the molecule is O=C(Nc1ccc(Cl)cc1)C1CC(=O)N(c2cc(Cl)ccc2Cl)C1. The van der Waals surface area contributed by atoms with Gasteiger partial charge in [-0.25, -0.2) is 0 Å². The van der Waals surface area contributed by atoms with E-state index in [1.54, 1.807) is 42.5 Å². The Hall–Kier alpha value is -1.75. The molecule has 0 aliphatic carbocycles. The number of anilines is 2. The third-order valence-electron chi connectivity index (χ3n) is 3.81. The van der Waals surface area contributed by atoms with Crippen LogP contribution in [0.15, 0.2) is 42.5 Å². The van der Waals surface area contributed by atoms with E-state index in [1.165, 1.54) is 4.90 Å². The highest BCUT2D eigenvalue weighted by molar-refractivity contribution is 6.36. The highest BCUT2D eigenvalue weighted by Crippen LogP contribution is 2.33. The normalized spacial score (nSPS) is 17.2. The Morgan fingerprint density at radius 3 is 2.42 bits per heavy atom. The van der Waals surface area contributed by atoms with E-state index < -0.39 is 5.92 Å². The summed E-state index contributed by atoms with van der Waals surface area (Å²) < 4.78 is 0. The highest BCUT2D eigenvalue weighted by atomic mass is 35.5. The van der Waals surface area contributed by atoms with Gasteiger partial charge in [0, 0.05) is 28.7 Å². The highest BCUT2D eigenvalue weighted by Gasteiger charge is 2.36. The lowest BCUT2D eigenvalue weighted by Gasteiger charge is -2.18. The minimum atomic E-state index is -0.455. The van der Waals surface area contributed by atoms with Crippen LogP contribution in [0.5, 0.6) is 0 Å². The summed E-state index contributed by atoms with van der Waals surface area (Å²) in [5.41, 5.74) is 1.16. The summed E-state index contributed by atoms with van der Waals surface area (Å²) in [4.78, 5) is 26.2. The van der Waals surface area contributed by atoms with Crippen molar-refractivity contribution in [3.63, 3.8) is 0 Å². The second-order valence-electron chi connectivity index (χ2n) is 5.50. The van der Waals surface area contributed by atoms with Gasteiger partial charge in [0.05, 0.1) is 16.6 Å². The standard InChI is InChI=1S/C17H13Cl3N2O2/c18-11-1-4-13(5-2-11)21-17(24)10-7-16(23)22(9-10)15-8-12(19)3-6-14(15)20/h1-6,8,10H,7,9H2,(H,21,24). The van der Waals surface area contributed by atoms with Crippen molar-refractivity contribution < 1.29 is 9.59 Å². The van der Waals surface area contributed by atoms with Gasteiger partial charge in [-0.05, 0) is 42.5 Å². The maximum absolute atomic E-state index is 12.4. The number of carbonyl (C=O) groups excluding carboxylic acids is 2. The molecule has 1 aliphatic heterocycles. The second kappa shape index (κ2) is 7.01. The number of amides is 2. The zero-order valence-corrected chi connectivity index (χ0v) is 14.7. The summed E-state index contributed by atoms with van der Waals surface area (Å²) >= 11 is 17.9. The minimum absolute atomic E-state index is 0.127. The third kappa shape index (κ3) is 3.66. The van der Waals surface area contributed by atoms with E-state index in [-0.39, 0.29) is 24.8 Å². The number of carbonyl (C=O) groups is 2. The van der Waals surface area contributed by atoms with Crippen molar-refractivity contribution in [2.75, 3.05) is 16.8 Å². The van der Waals surface area contributed by atoms with Crippen LogP contribution in [0, 0.1) is 5.92 Å². The first-order valence-corrected chi connectivity index (χ1v) is 8.39. The fraction of sp³-hybridized carbons (Fsp3) is 0.176. The van der Waals surface area contributed by atoms with Gasteiger partial charge in [-0.15, -0.1) is 0 Å². The molecule has 0 radical (unpaired) electrons. The van der Waals surface area contributed by atoms with Gasteiger partial charge in [0.25, 0.3) is 0 Å². The molecule has 1 heterocycles. The number of hydrogen-bond donors (Lipinski definition) is 1. The molecule has 0 aromatic heterocycles. The molecule has 0 spiro atoms. The van der Waals surface area contributed by atoms with Crippen molar-refractivity contribution in [2.24, 2.45) is 5.92 Å². The van der Waals surface area contributed by atoms with E-state index in [0.717, 1.165) is 0 Å². The number of hydrogen-bond acceptors (Lipinski definition) is 2. The number of benzene rings is 2. The predicted octanol–water partition coefficient (Wildman–Crippen LogP) is 4.64. The summed E-state index contributed by atoms with van der Waals surface area (Å²) in [5.74, 6) is -0.829. The molecule has 1 unspecified atom stereocenters. The molecule has 1 N–H and O–H groups in total. The molecule has 2 aromatic rings. The Balaban J connectivity index is 1.73. The van der Waals surface area contributed by atoms with E-state index in [0.29, 0.717) is 26.4 Å². The van der Waals surface area contributed by atoms with E-state index in [9.17, 15) is 9.59 Å². The average Bonchev–Trinajstić information content (AvgIpc) is 2.94. The van der Waals surface area contributed by atoms with Crippen molar-refractivity contribution >= 4 is 58.0 Å². The predicted molar refractivity (Wildman–Crippen MR) is 97.0 cm³/mol. The first-order valence-electron chi connectivity index (χ1n) is 7.26. The molecule has 1 fully saturated rings. The van der Waals surface area contributed by atoms with Crippen molar-refractivity contribution in [3.05, 3.63) is 57.5 Å². The summed E-state index contributed by atoms with van der Waals surface area (Å²) in [6.07, 6.45) is 0.127. The van der Waals surface area contributed by atoms with Crippen molar-refractivity contribution in [1.82, 2.24) is 0 Å². The van der Waals surface area contributed by atoms with Crippen LogP contribution < -0.4 is 10.2 Å². The molecular weight excluding hydrogens is 371 g/mol. The minimum Gasteiger partial charge on any atom is -0.326 e. The maximum atomic E-state index is 12.4. The molecule has 1 atom stereocenters. The molecule has 124 valence electrons. The van der Waals surface area contributed by atoms with Crippen LogP contribution in [-0.2, 0) is 9.59 Å². The number of halogens is 3. The summed E-state index contributed by atoms with van der Waals surface area (Å²) in [6, 6.07) is 11.7. The van der Waals surface area contributed by atoms with E-state index in [4.69, 9.17) is 34.8 Å². The van der Waals surface area contributed by atoms with E-state index in [1.807, 2.05) is 0 Å². The number of rotatable bonds is 3. The van der Waals surface area contributed by atoms with E-state index in [2.05, 4.69) is 5.32 Å². The van der Waals surface area contributed by atoms with Gasteiger partial charge < -0.3 is 10.2 Å². The molecule has 0 saturated carbocycles. The van der Waals surface area contributed by atoms with Crippen molar-refractivity contribution in [2.45, 2.75) is 6.42 Å². The van der Waals surface area contributed by atoms with Gasteiger partial charge in [-0.1, -0.05) is 34.8 Å². The van der Waals surface area contributed by atoms with Gasteiger partial charge in [-0.2, -0.15) is 0 Å². The molecule has 2 aromatic carbocycles. The van der Waals surface area contributed by atoms with Gasteiger partial charge in [0.1, 0.15) is 0 Å². The summed E-state index contributed by atoms with van der Waals surface area (Å²) in [6.45, 7) is 0.262. The molecule has 24 heavy (non-hydrogen) atoms. The van der Waals surface area contributed by atoms with Crippen LogP contribution in [0.1, 0.15) is 6.42 Å². The van der Waals surface area contributed by atoms with Crippen molar-refractivity contribution in [1.29, 1.82) is 0 Å². The lowest BCUT2D eigenvalue weighted by Crippen LogP contribution is -2.28. The number of nitrogens with zero attached hydrogens (tertiary/aromatic N) is 1. The smallest absolute Gasteiger partial charge is 0.229 e. The molecule has 1 aliphatic rings. The molecule has 3 rings (SSSR count). The largest absolute Gasteiger partial charge is 0.326 e. The van der Waals surface area contributed by atoms with Gasteiger partial charge in [0.15, 0.2) is 0 Å². The average molecular weight is 384 g/mol. The summed E-state index contributed by atoms with van der Waals surface area (Å²) in [7, 11) is 0. The van der Waals surface area contributed by atoms with Crippen LogP contribution in [0.2, 0.25) is 15.1 Å².